The molecule has 0 bridgehead atoms. The number of nitrogens with one attached hydrogen (secondary N) is 2. The highest BCUT2D eigenvalue weighted by Gasteiger charge is 2.20. The van der Waals surface area contributed by atoms with Crippen LogP contribution in [0.2, 0.25) is 0 Å². The van der Waals surface area contributed by atoms with E-state index in [4.69, 9.17) is 0 Å². The molecule has 116 valence electrons. The number of rotatable bonds is 4. The molecule has 2 rings (SSSR count). The highest BCUT2D eigenvalue weighted by Crippen LogP contribution is 2.24. The monoisotopic (exact) mass is 326 g/mol. The first-order valence-electron chi connectivity index (χ1n) is 6.14. The molecule has 0 saturated heterocycles. The second-order valence-corrected chi connectivity index (χ2v) is 6.06. The summed E-state index contributed by atoms with van der Waals surface area (Å²) in [6.45, 7) is 1.26. The van der Waals surface area contributed by atoms with Crippen LogP contribution in [0.3, 0.4) is 0 Å². The highest BCUT2D eigenvalue weighted by atomic mass is 32.2. The predicted octanol–water partition coefficient (Wildman–Crippen LogP) is 2.72. The zero-order valence-electron chi connectivity index (χ0n) is 11.4. The average Bonchev–Trinajstić information content (AvgIpc) is 2.42. The first kappa shape index (κ1) is 15.9. The zero-order valence-corrected chi connectivity index (χ0v) is 12.2. The van der Waals surface area contributed by atoms with Gasteiger partial charge in [0.05, 0.1) is 5.69 Å². The van der Waals surface area contributed by atoms with Gasteiger partial charge in [0.2, 0.25) is 5.91 Å². The van der Waals surface area contributed by atoms with Crippen molar-refractivity contribution in [1.82, 2.24) is 0 Å². The van der Waals surface area contributed by atoms with Crippen molar-refractivity contribution < 1.29 is 22.0 Å². The fraction of sp³-hybridized carbons (Fsp3) is 0.0714. The summed E-state index contributed by atoms with van der Waals surface area (Å²) in [7, 11) is -4.29. The minimum absolute atomic E-state index is 0.208. The Morgan fingerprint density at radius 2 is 1.73 bits per heavy atom. The van der Waals surface area contributed by atoms with Crippen molar-refractivity contribution in [3.8, 4) is 0 Å². The van der Waals surface area contributed by atoms with Crippen LogP contribution in [0.25, 0.3) is 0 Å². The molecule has 0 radical (unpaired) electrons. The van der Waals surface area contributed by atoms with Crippen LogP contribution in [0.4, 0.5) is 20.2 Å². The molecule has 0 aromatic heterocycles. The molecule has 8 heteroatoms. The van der Waals surface area contributed by atoms with Crippen molar-refractivity contribution in [2.45, 2.75) is 11.8 Å². The molecule has 0 atom stereocenters. The predicted molar refractivity (Wildman–Crippen MR) is 77.9 cm³/mol. The molecule has 1 amide bonds. The molecule has 22 heavy (non-hydrogen) atoms. The van der Waals surface area contributed by atoms with Crippen LogP contribution in [-0.4, -0.2) is 14.3 Å². The van der Waals surface area contributed by atoms with E-state index in [0.29, 0.717) is 0 Å². The maximum absolute atomic E-state index is 13.7. The summed E-state index contributed by atoms with van der Waals surface area (Å²) in [6, 6.07) is 8.11. The third kappa shape index (κ3) is 3.59. The Kier molecular flexibility index (Phi) is 4.41. The van der Waals surface area contributed by atoms with Gasteiger partial charge in [0.25, 0.3) is 10.0 Å². The van der Waals surface area contributed by atoms with Crippen LogP contribution in [0.15, 0.2) is 47.4 Å². The van der Waals surface area contributed by atoms with E-state index < -0.39 is 38.1 Å². The van der Waals surface area contributed by atoms with E-state index in [9.17, 15) is 22.0 Å². The zero-order chi connectivity index (χ0) is 16.3. The Morgan fingerprint density at radius 1 is 1.05 bits per heavy atom. The summed E-state index contributed by atoms with van der Waals surface area (Å²) in [5.74, 6) is -2.20. The minimum atomic E-state index is -4.29. The van der Waals surface area contributed by atoms with Gasteiger partial charge in [-0.1, -0.05) is 12.1 Å². The lowest BCUT2D eigenvalue weighted by atomic mass is 10.2. The lowest BCUT2D eigenvalue weighted by molar-refractivity contribution is -0.114. The van der Waals surface area contributed by atoms with Gasteiger partial charge in [0.15, 0.2) is 0 Å². The molecule has 0 aliphatic rings. The highest BCUT2D eigenvalue weighted by molar-refractivity contribution is 7.92. The van der Waals surface area contributed by atoms with Gasteiger partial charge < -0.3 is 5.32 Å². The number of carbonyl (C=O) groups excluding carboxylic acids is 1. The number of hydrogen-bond donors (Lipinski definition) is 2. The van der Waals surface area contributed by atoms with Gasteiger partial charge in [0, 0.05) is 12.6 Å². The normalized spacial score (nSPS) is 11.0. The van der Waals surface area contributed by atoms with Crippen LogP contribution in [0.5, 0.6) is 0 Å². The molecule has 2 aromatic rings. The van der Waals surface area contributed by atoms with Gasteiger partial charge in [-0.05, 0) is 30.3 Å². The van der Waals surface area contributed by atoms with Crippen molar-refractivity contribution in [3.05, 3.63) is 54.1 Å². The van der Waals surface area contributed by atoms with Crippen LogP contribution in [0, 0.1) is 11.6 Å². The third-order valence-electron chi connectivity index (χ3n) is 2.66. The van der Waals surface area contributed by atoms with Crippen LogP contribution in [-0.2, 0) is 14.8 Å². The average molecular weight is 326 g/mol. The SMILES string of the molecule is CC(=O)Nc1ccc(F)c(NS(=O)(=O)c2ccccc2F)c1. The van der Waals surface area contributed by atoms with E-state index in [2.05, 4.69) is 5.32 Å². The van der Waals surface area contributed by atoms with Crippen LogP contribution in [0.1, 0.15) is 6.92 Å². The summed E-state index contributed by atoms with van der Waals surface area (Å²) in [5, 5.41) is 2.39. The Labute approximate surface area is 126 Å². The standard InChI is InChI=1S/C14H12F2N2O3S/c1-9(19)17-10-6-7-11(15)13(8-10)18-22(20,21)14-5-3-2-4-12(14)16/h2-8,18H,1H3,(H,17,19). The molecular formula is C14H12F2N2O3S. The van der Waals surface area contributed by atoms with Crippen molar-refractivity contribution in [1.29, 1.82) is 0 Å². The fourth-order valence-electron chi connectivity index (χ4n) is 1.75. The summed E-state index contributed by atoms with van der Waals surface area (Å²) in [4.78, 5) is 10.4. The molecule has 0 unspecified atom stereocenters. The summed E-state index contributed by atoms with van der Waals surface area (Å²) >= 11 is 0. The Hall–Kier alpha value is -2.48. The van der Waals surface area contributed by atoms with E-state index in [-0.39, 0.29) is 5.69 Å². The Balaban J connectivity index is 2.37. The van der Waals surface area contributed by atoms with E-state index in [1.165, 1.54) is 25.1 Å². The maximum Gasteiger partial charge on any atom is 0.264 e. The molecule has 0 spiro atoms. The Morgan fingerprint density at radius 3 is 2.36 bits per heavy atom. The van der Waals surface area contributed by atoms with Gasteiger partial charge in [-0.25, -0.2) is 17.2 Å². The van der Waals surface area contributed by atoms with Gasteiger partial charge >= 0.3 is 0 Å². The summed E-state index contributed by atoms with van der Waals surface area (Å²) < 4.78 is 53.5. The van der Waals surface area contributed by atoms with Crippen LogP contribution < -0.4 is 10.0 Å². The van der Waals surface area contributed by atoms with E-state index in [0.717, 1.165) is 24.3 Å². The van der Waals surface area contributed by atoms with Crippen molar-refractivity contribution in [3.63, 3.8) is 0 Å². The van der Waals surface area contributed by atoms with Crippen LogP contribution >= 0.6 is 0 Å². The van der Waals surface area contributed by atoms with E-state index in [1.54, 1.807) is 0 Å². The molecule has 5 nitrogen and oxygen atoms in total. The van der Waals surface area contributed by atoms with Crippen molar-refractivity contribution >= 4 is 27.3 Å². The topological polar surface area (TPSA) is 75.3 Å². The number of halogens is 2. The second kappa shape index (κ2) is 6.10. The molecule has 0 aliphatic heterocycles. The molecule has 0 aliphatic carbocycles. The van der Waals surface area contributed by atoms with Crippen molar-refractivity contribution in [2.24, 2.45) is 0 Å². The first-order valence-corrected chi connectivity index (χ1v) is 7.62. The summed E-state index contributed by atoms with van der Waals surface area (Å²) in [5.41, 5.74) is -0.186. The number of hydrogen-bond acceptors (Lipinski definition) is 3. The smallest absolute Gasteiger partial charge is 0.264 e. The number of anilines is 2. The number of benzene rings is 2. The summed E-state index contributed by atoms with van der Waals surface area (Å²) in [6.07, 6.45) is 0. The van der Waals surface area contributed by atoms with Gasteiger partial charge in [-0.3, -0.25) is 9.52 Å². The lowest BCUT2D eigenvalue weighted by Crippen LogP contribution is -2.16. The lowest BCUT2D eigenvalue weighted by Gasteiger charge is -2.11. The second-order valence-electron chi connectivity index (χ2n) is 4.41. The number of amides is 1. The number of sulfonamides is 1. The first-order chi connectivity index (χ1) is 10.3. The Bertz CT molecular complexity index is 823. The molecule has 0 saturated carbocycles. The molecule has 0 heterocycles. The molecule has 2 aromatic carbocycles. The minimum Gasteiger partial charge on any atom is -0.326 e. The van der Waals surface area contributed by atoms with Gasteiger partial charge in [-0.2, -0.15) is 0 Å². The van der Waals surface area contributed by atoms with Gasteiger partial charge in [0.1, 0.15) is 16.5 Å². The third-order valence-corrected chi connectivity index (χ3v) is 4.06. The molecule has 0 fully saturated rings. The van der Waals surface area contributed by atoms with Gasteiger partial charge in [-0.15, -0.1) is 0 Å². The largest absolute Gasteiger partial charge is 0.326 e. The van der Waals surface area contributed by atoms with E-state index in [1.807, 2.05) is 4.72 Å². The number of carbonyl (C=O) groups is 1. The van der Waals surface area contributed by atoms with E-state index >= 15 is 0 Å². The van der Waals surface area contributed by atoms with Crippen molar-refractivity contribution in [2.75, 3.05) is 10.0 Å². The maximum atomic E-state index is 13.7. The molecule has 2 N–H and O–H groups in total. The molecular weight excluding hydrogens is 314 g/mol. The quantitative estimate of drug-likeness (QED) is 0.907. The fourth-order valence-corrected chi connectivity index (χ4v) is 2.89.